The fourth-order valence-electron chi connectivity index (χ4n) is 2.28. The van der Waals surface area contributed by atoms with Gasteiger partial charge in [0.25, 0.3) is 0 Å². The van der Waals surface area contributed by atoms with Gasteiger partial charge in [0.1, 0.15) is 0 Å². The highest BCUT2D eigenvalue weighted by atomic mass is 16.6. The number of esters is 2. The lowest BCUT2D eigenvalue weighted by Gasteiger charge is -2.23. The lowest BCUT2D eigenvalue weighted by molar-refractivity contribution is -0.146. The van der Waals surface area contributed by atoms with Crippen molar-refractivity contribution in [2.45, 2.75) is 46.1 Å². The van der Waals surface area contributed by atoms with Gasteiger partial charge in [0, 0.05) is 6.04 Å². The van der Waals surface area contributed by atoms with Crippen LogP contribution in [0.2, 0.25) is 0 Å². The Kier molecular flexibility index (Phi) is 4.78. The zero-order chi connectivity index (χ0) is 15.5. The van der Waals surface area contributed by atoms with Crippen LogP contribution in [0.4, 0.5) is 0 Å². The van der Waals surface area contributed by atoms with Crippen LogP contribution in [0.25, 0.3) is 0 Å². The van der Waals surface area contributed by atoms with Crippen molar-refractivity contribution in [2.75, 3.05) is 6.54 Å². The van der Waals surface area contributed by atoms with Crippen LogP contribution in [0.15, 0.2) is 24.3 Å². The van der Waals surface area contributed by atoms with Crippen LogP contribution >= 0.6 is 0 Å². The van der Waals surface area contributed by atoms with Gasteiger partial charge in [-0.1, -0.05) is 18.6 Å². The molecule has 4 nitrogen and oxygen atoms in total. The molecule has 0 amide bonds. The van der Waals surface area contributed by atoms with Gasteiger partial charge in [-0.2, -0.15) is 0 Å². The van der Waals surface area contributed by atoms with E-state index in [1.807, 2.05) is 12.1 Å². The van der Waals surface area contributed by atoms with Crippen molar-refractivity contribution in [3.8, 4) is 0 Å². The Balaban J connectivity index is 2.01. The molecule has 0 radical (unpaired) electrons. The molecule has 0 saturated carbocycles. The number of benzene rings is 1. The van der Waals surface area contributed by atoms with Crippen LogP contribution in [0, 0.1) is 5.41 Å². The zero-order valence-corrected chi connectivity index (χ0v) is 12.9. The van der Waals surface area contributed by atoms with E-state index >= 15 is 0 Å². The largest absolute Gasteiger partial charge is 0.389 e. The van der Waals surface area contributed by atoms with E-state index in [-0.39, 0.29) is 0 Å². The highest BCUT2D eigenvalue weighted by Crippen LogP contribution is 2.23. The number of nitrogens with one attached hydrogen (secondary N) is 1. The minimum absolute atomic E-state index is 0.361. The normalized spacial score (nSPS) is 19.1. The molecular formula is C17H23NO3. The highest BCUT2D eigenvalue weighted by molar-refractivity contribution is 5.98. The number of hydrogen-bond donors (Lipinski definition) is 1. The molecule has 0 aliphatic carbocycles. The van der Waals surface area contributed by atoms with E-state index in [4.69, 9.17) is 4.74 Å². The molecule has 1 heterocycles. The van der Waals surface area contributed by atoms with E-state index < -0.39 is 17.4 Å². The average molecular weight is 289 g/mol. The molecule has 21 heavy (non-hydrogen) atoms. The van der Waals surface area contributed by atoms with Crippen LogP contribution in [-0.4, -0.2) is 18.5 Å². The first-order chi connectivity index (χ1) is 9.88. The summed E-state index contributed by atoms with van der Waals surface area (Å²) in [7, 11) is 0. The van der Waals surface area contributed by atoms with Crippen molar-refractivity contribution in [1.82, 2.24) is 5.32 Å². The summed E-state index contributed by atoms with van der Waals surface area (Å²) in [4.78, 5) is 23.6. The third kappa shape index (κ3) is 4.14. The summed E-state index contributed by atoms with van der Waals surface area (Å²) in [6.07, 6.45) is 3.56. The van der Waals surface area contributed by atoms with Crippen molar-refractivity contribution in [2.24, 2.45) is 5.41 Å². The molecule has 1 aromatic rings. The van der Waals surface area contributed by atoms with E-state index in [1.165, 1.54) is 18.4 Å². The fraction of sp³-hybridized carbons (Fsp3) is 0.529. The second kappa shape index (κ2) is 6.39. The van der Waals surface area contributed by atoms with Crippen LogP contribution < -0.4 is 5.32 Å². The standard InChI is InChI=1S/C17H23NO3/c1-17(2,3)16(20)21-15(19)13-9-7-12(8-10-13)14-6-4-5-11-18-14/h7-10,14,18H,4-6,11H2,1-3H3. The summed E-state index contributed by atoms with van der Waals surface area (Å²) in [6.45, 7) is 6.20. The summed E-state index contributed by atoms with van der Waals surface area (Å²) in [5.41, 5.74) is 0.905. The minimum Gasteiger partial charge on any atom is -0.389 e. The summed E-state index contributed by atoms with van der Waals surface area (Å²) in [5, 5.41) is 3.47. The van der Waals surface area contributed by atoms with Gasteiger partial charge in [0.2, 0.25) is 0 Å². The maximum atomic E-state index is 11.9. The molecule has 0 bridgehead atoms. The lowest BCUT2D eigenvalue weighted by atomic mass is 9.96. The fourth-order valence-corrected chi connectivity index (χ4v) is 2.28. The van der Waals surface area contributed by atoms with Crippen molar-refractivity contribution in [3.05, 3.63) is 35.4 Å². The summed E-state index contributed by atoms with van der Waals surface area (Å²) in [5.74, 6) is -1.09. The average Bonchev–Trinajstić information content (AvgIpc) is 2.47. The van der Waals surface area contributed by atoms with E-state index in [0.29, 0.717) is 11.6 Å². The quantitative estimate of drug-likeness (QED) is 0.671. The van der Waals surface area contributed by atoms with Crippen LogP contribution in [0.3, 0.4) is 0 Å². The van der Waals surface area contributed by atoms with Gasteiger partial charge < -0.3 is 10.1 Å². The molecule has 1 unspecified atom stereocenters. The predicted molar refractivity (Wildman–Crippen MR) is 80.9 cm³/mol. The summed E-state index contributed by atoms with van der Waals surface area (Å²) in [6, 6.07) is 7.68. The van der Waals surface area contributed by atoms with E-state index in [0.717, 1.165) is 13.0 Å². The summed E-state index contributed by atoms with van der Waals surface area (Å²) >= 11 is 0. The number of carbonyl (C=O) groups is 2. The Bertz CT molecular complexity index is 508. The van der Waals surface area contributed by atoms with Crippen molar-refractivity contribution >= 4 is 11.9 Å². The third-order valence-electron chi connectivity index (χ3n) is 3.66. The third-order valence-corrected chi connectivity index (χ3v) is 3.66. The van der Waals surface area contributed by atoms with E-state index in [2.05, 4.69) is 5.32 Å². The van der Waals surface area contributed by atoms with Gasteiger partial charge in [-0.25, -0.2) is 4.79 Å². The summed E-state index contributed by atoms with van der Waals surface area (Å²) < 4.78 is 4.89. The monoisotopic (exact) mass is 289 g/mol. The van der Waals surface area contributed by atoms with Gasteiger partial charge in [0.15, 0.2) is 0 Å². The Morgan fingerprint density at radius 3 is 2.33 bits per heavy atom. The van der Waals surface area contributed by atoms with Gasteiger partial charge >= 0.3 is 11.9 Å². The number of hydrogen-bond acceptors (Lipinski definition) is 4. The number of piperidine rings is 1. The predicted octanol–water partition coefficient (Wildman–Crippen LogP) is 3.23. The number of rotatable bonds is 2. The molecule has 1 fully saturated rings. The first-order valence-corrected chi connectivity index (χ1v) is 7.48. The Labute approximate surface area is 125 Å². The van der Waals surface area contributed by atoms with Crippen molar-refractivity contribution < 1.29 is 14.3 Å². The second-order valence-corrected chi connectivity index (χ2v) is 6.55. The molecule has 1 N–H and O–H groups in total. The van der Waals surface area contributed by atoms with Crippen LogP contribution in [0.5, 0.6) is 0 Å². The second-order valence-electron chi connectivity index (χ2n) is 6.55. The maximum Gasteiger partial charge on any atom is 0.345 e. The topological polar surface area (TPSA) is 55.4 Å². The van der Waals surface area contributed by atoms with Gasteiger partial charge in [-0.05, 0) is 57.9 Å². The Morgan fingerprint density at radius 2 is 1.81 bits per heavy atom. The van der Waals surface area contributed by atoms with E-state index in [1.54, 1.807) is 32.9 Å². The van der Waals surface area contributed by atoms with Crippen molar-refractivity contribution in [1.29, 1.82) is 0 Å². The van der Waals surface area contributed by atoms with Gasteiger partial charge in [-0.15, -0.1) is 0 Å². The molecule has 0 aromatic heterocycles. The Morgan fingerprint density at radius 1 is 1.14 bits per heavy atom. The molecule has 4 heteroatoms. The van der Waals surface area contributed by atoms with E-state index in [9.17, 15) is 9.59 Å². The number of ether oxygens (including phenoxy) is 1. The van der Waals surface area contributed by atoms with Crippen LogP contribution in [0.1, 0.15) is 62.0 Å². The highest BCUT2D eigenvalue weighted by Gasteiger charge is 2.26. The molecule has 1 aliphatic rings. The molecule has 1 aliphatic heterocycles. The van der Waals surface area contributed by atoms with Crippen molar-refractivity contribution in [3.63, 3.8) is 0 Å². The van der Waals surface area contributed by atoms with Gasteiger partial charge in [0.05, 0.1) is 11.0 Å². The lowest BCUT2D eigenvalue weighted by Crippen LogP contribution is -2.27. The number of carbonyl (C=O) groups excluding carboxylic acids is 2. The molecule has 114 valence electrons. The molecule has 1 atom stereocenters. The molecule has 2 rings (SSSR count). The zero-order valence-electron chi connectivity index (χ0n) is 12.9. The molecule has 1 aromatic carbocycles. The maximum absolute atomic E-state index is 11.9. The first kappa shape index (κ1) is 15.7. The molecule has 1 saturated heterocycles. The minimum atomic E-state index is -0.679. The van der Waals surface area contributed by atoms with Crippen LogP contribution in [-0.2, 0) is 9.53 Å². The smallest absolute Gasteiger partial charge is 0.345 e. The molecular weight excluding hydrogens is 266 g/mol. The van der Waals surface area contributed by atoms with Gasteiger partial charge in [-0.3, -0.25) is 4.79 Å². The first-order valence-electron chi connectivity index (χ1n) is 7.48. The SMILES string of the molecule is CC(C)(C)C(=O)OC(=O)c1ccc(C2CCCCN2)cc1. The molecule has 0 spiro atoms. The Hall–Kier alpha value is -1.68.